The second-order valence-electron chi connectivity index (χ2n) is 8.06. The number of fused-ring (bicyclic) bond motifs is 1. The maximum atomic E-state index is 10.9. The van der Waals surface area contributed by atoms with Crippen LogP contribution in [0.1, 0.15) is 12.7 Å². The highest BCUT2D eigenvalue weighted by atomic mass is 35.5. The number of nitrogens with zero attached hydrogens (tertiary/aromatic N) is 6. The fourth-order valence-electron chi connectivity index (χ4n) is 3.73. The molecule has 1 atom stereocenters. The van der Waals surface area contributed by atoms with Gasteiger partial charge in [0.1, 0.15) is 17.5 Å². The number of hydrogen-bond acceptors (Lipinski definition) is 8. The first-order chi connectivity index (χ1) is 15.2. The van der Waals surface area contributed by atoms with E-state index in [9.17, 15) is 15.2 Å². The fraction of sp³-hybridized carbons (Fsp3) is 0.400. The molecule has 3 aromatic rings. The molecular weight excluding hydrogens is 459 g/mol. The number of rotatable bonds is 7. The Morgan fingerprint density at radius 2 is 2.03 bits per heavy atom. The van der Waals surface area contributed by atoms with Crippen LogP contribution in [-0.2, 0) is 6.54 Å². The average molecular weight is 481 g/mol. The summed E-state index contributed by atoms with van der Waals surface area (Å²) < 4.78 is 7.13. The van der Waals surface area contributed by atoms with E-state index >= 15 is 0 Å². The molecule has 0 amide bonds. The van der Waals surface area contributed by atoms with Gasteiger partial charge in [0, 0.05) is 43.1 Å². The molecule has 1 fully saturated rings. The summed E-state index contributed by atoms with van der Waals surface area (Å²) >= 11 is 12.0. The van der Waals surface area contributed by atoms with Gasteiger partial charge in [-0.15, -0.1) is 0 Å². The number of hydrazone groups is 1. The lowest BCUT2D eigenvalue weighted by Crippen LogP contribution is -2.51. The first-order valence-electron chi connectivity index (χ1n) is 9.98. The van der Waals surface area contributed by atoms with Crippen molar-refractivity contribution in [1.82, 2.24) is 19.5 Å². The first-order valence-corrected chi connectivity index (χ1v) is 10.7. The molecule has 0 spiro atoms. The number of benzene rings is 1. The molecule has 0 unspecified atom stereocenters. The summed E-state index contributed by atoms with van der Waals surface area (Å²) in [5, 5.41) is 29.7. The highest BCUT2D eigenvalue weighted by Gasteiger charge is 2.29. The molecule has 0 saturated carbocycles. The summed E-state index contributed by atoms with van der Waals surface area (Å²) in [6, 6.07) is 7.35. The van der Waals surface area contributed by atoms with Crippen LogP contribution >= 0.6 is 23.2 Å². The lowest BCUT2D eigenvalue weighted by atomic mass is 10.1. The quantitative estimate of drug-likeness (QED) is 0.313. The van der Waals surface area contributed by atoms with E-state index in [1.165, 1.54) is 10.8 Å². The van der Waals surface area contributed by atoms with Crippen molar-refractivity contribution in [1.29, 1.82) is 0 Å². The molecule has 32 heavy (non-hydrogen) atoms. The van der Waals surface area contributed by atoms with Crippen molar-refractivity contribution in [3.05, 3.63) is 56.6 Å². The van der Waals surface area contributed by atoms with Crippen molar-refractivity contribution in [3.63, 3.8) is 0 Å². The monoisotopic (exact) mass is 480 g/mol. The Bertz CT molecular complexity index is 1150. The van der Waals surface area contributed by atoms with Crippen LogP contribution in [0.25, 0.3) is 11.0 Å². The summed E-state index contributed by atoms with van der Waals surface area (Å²) in [6.45, 7) is 4.96. The Labute approximate surface area is 193 Å². The van der Waals surface area contributed by atoms with E-state index in [0.29, 0.717) is 43.5 Å². The number of β-amino-alcohol motifs (C(OH)–C–C–N with tert-alkyl or cyclic N) is 1. The third-order valence-electron chi connectivity index (χ3n) is 5.17. The van der Waals surface area contributed by atoms with E-state index in [0.717, 1.165) is 11.0 Å². The third-order valence-corrected chi connectivity index (χ3v) is 5.71. The summed E-state index contributed by atoms with van der Waals surface area (Å²) in [4.78, 5) is 16.0. The van der Waals surface area contributed by atoms with Gasteiger partial charge in [0.15, 0.2) is 0 Å². The normalized spacial score (nSPS) is 17.3. The number of piperazine rings is 1. The van der Waals surface area contributed by atoms with Crippen molar-refractivity contribution in [2.75, 3.05) is 32.7 Å². The largest absolute Gasteiger partial charge is 0.455 e. The predicted octanol–water partition coefficient (Wildman–Crippen LogP) is 3.25. The number of aromatic nitrogens is 2. The topological polar surface area (TPSA) is 113 Å². The Hall–Kier alpha value is -2.66. The zero-order chi connectivity index (χ0) is 22.9. The smallest absolute Gasteiger partial charge is 0.383 e. The van der Waals surface area contributed by atoms with E-state index in [4.69, 9.17) is 27.6 Å². The molecule has 170 valence electrons. The van der Waals surface area contributed by atoms with E-state index in [-0.39, 0.29) is 17.6 Å². The van der Waals surface area contributed by atoms with Crippen molar-refractivity contribution in [2.45, 2.75) is 19.1 Å². The minimum Gasteiger partial charge on any atom is -0.455 e. The van der Waals surface area contributed by atoms with Crippen LogP contribution in [0, 0.1) is 10.1 Å². The van der Waals surface area contributed by atoms with Gasteiger partial charge in [-0.2, -0.15) is 5.10 Å². The van der Waals surface area contributed by atoms with Crippen LogP contribution in [0.3, 0.4) is 0 Å². The van der Waals surface area contributed by atoms with Crippen molar-refractivity contribution < 1.29 is 14.4 Å². The second-order valence-corrected chi connectivity index (χ2v) is 8.83. The lowest BCUT2D eigenvalue weighted by molar-refractivity contribution is -0.389. The maximum Gasteiger partial charge on any atom is 0.383 e. The molecule has 0 bridgehead atoms. The number of nitro groups is 1. The van der Waals surface area contributed by atoms with Gasteiger partial charge < -0.3 is 19.6 Å². The zero-order valence-electron chi connectivity index (χ0n) is 17.3. The minimum absolute atomic E-state index is 0.0241. The van der Waals surface area contributed by atoms with Crippen molar-refractivity contribution >= 4 is 46.2 Å². The molecule has 0 aliphatic carbocycles. The average Bonchev–Trinajstić information content (AvgIpc) is 3.29. The molecule has 12 heteroatoms. The Morgan fingerprint density at radius 1 is 1.28 bits per heavy atom. The van der Waals surface area contributed by atoms with Crippen molar-refractivity contribution in [2.24, 2.45) is 5.10 Å². The Balaban J connectivity index is 1.30. The van der Waals surface area contributed by atoms with Gasteiger partial charge in [0.2, 0.25) is 0 Å². The number of hydrogen-bond donors (Lipinski definition) is 1. The van der Waals surface area contributed by atoms with Crippen LogP contribution < -0.4 is 0 Å². The number of furan rings is 1. The van der Waals surface area contributed by atoms with Crippen LogP contribution in [0.4, 0.5) is 5.82 Å². The summed E-state index contributed by atoms with van der Waals surface area (Å²) in [6.07, 6.45) is 2.92. The van der Waals surface area contributed by atoms with Gasteiger partial charge in [-0.1, -0.05) is 11.6 Å². The first kappa shape index (κ1) is 22.5. The van der Waals surface area contributed by atoms with Gasteiger partial charge in [-0.25, -0.2) is 0 Å². The van der Waals surface area contributed by atoms with E-state index < -0.39 is 10.5 Å². The number of aliphatic hydroxyl groups is 1. The Kier molecular flexibility index (Phi) is 6.38. The second kappa shape index (κ2) is 9.07. The fourth-order valence-corrected chi connectivity index (χ4v) is 4.10. The lowest BCUT2D eigenvalue weighted by Gasteiger charge is -2.37. The highest BCUT2D eigenvalue weighted by molar-refractivity contribution is 6.31. The molecule has 1 N–H and O–H groups in total. The highest BCUT2D eigenvalue weighted by Crippen LogP contribution is 2.23. The number of imidazole rings is 1. The van der Waals surface area contributed by atoms with Gasteiger partial charge in [-0.3, -0.25) is 14.5 Å². The summed E-state index contributed by atoms with van der Waals surface area (Å²) in [5.74, 6) is 0.309. The molecule has 1 saturated heterocycles. The van der Waals surface area contributed by atoms with Crippen molar-refractivity contribution in [3.8, 4) is 0 Å². The molecule has 0 radical (unpaired) electrons. The molecule has 10 nitrogen and oxygen atoms in total. The van der Waals surface area contributed by atoms with Gasteiger partial charge in [-0.05, 0) is 52.7 Å². The molecule has 4 rings (SSSR count). The van der Waals surface area contributed by atoms with Gasteiger partial charge >= 0.3 is 11.1 Å². The maximum absolute atomic E-state index is 10.9. The van der Waals surface area contributed by atoms with Crippen LogP contribution in [0.15, 0.2) is 40.0 Å². The SMILES string of the molecule is C[C@](O)(CN1CCN(/N=C/c2cc3cc(Cl)ccc3o2)CC1)Cn1cc([N+](=O)[O-])nc1Cl. The molecular formula is C20H22Cl2N6O4. The molecule has 1 aromatic carbocycles. The third kappa shape index (κ3) is 5.39. The summed E-state index contributed by atoms with van der Waals surface area (Å²) in [7, 11) is 0. The van der Waals surface area contributed by atoms with Gasteiger partial charge in [0.05, 0.1) is 18.4 Å². The van der Waals surface area contributed by atoms with E-state index in [2.05, 4.69) is 15.0 Å². The molecule has 2 aromatic heterocycles. The molecule has 3 heterocycles. The van der Waals surface area contributed by atoms with E-state index in [1.54, 1.807) is 19.2 Å². The van der Waals surface area contributed by atoms with Crippen LogP contribution in [0.2, 0.25) is 10.3 Å². The predicted molar refractivity (Wildman–Crippen MR) is 121 cm³/mol. The molecule has 1 aliphatic heterocycles. The zero-order valence-corrected chi connectivity index (χ0v) is 18.8. The van der Waals surface area contributed by atoms with Crippen LogP contribution in [0.5, 0.6) is 0 Å². The Morgan fingerprint density at radius 3 is 2.72 bits per heavy atom. The standard InChI is InChI=1S/C20H22Cl2N6O4/c1-20(29,13-26-11-18(28(30)31)24-19(26)22)12-25-4-6-27(7-5-25)23-10-16-9-14-8-15(21)2-3-17(14)32-16/h2-3,8-11,29H,4-7,12-13H2,1H3/b23-10+/t20-/m0/s1. The minimum atomic E-state index is -1.14. The molecule has 1 aliphatic rings. The summed E-state index contributed by atoms with van der Waals surface area (Å²) in [5.41, 5.74) is -0.384. The van der Waals surface area contributed by atoms with Gasteiger partial charge in [0.25, 0.3) is 0 Å². The van der Waals surface area contributed by atoms with E-state index in [1.807, 2.05) is 23.2 Å². The van der Waals surface area contributed by atoms with Crippen LogP contribution in [-0.4, -0.2) is 74.0 Å². The number of halogens is 2.